The molecule has 1 aromatic heterocycles. The zero-order valence-corrected chi connectivity index (χ0v) is 17.7. The molecule has 0 unspecified atom stereocenters. The molecule has 2 aromatic carbocycles. The molecule has 0 aliphatic carbocycles. The first-order valence-corrected chi connectivity index (χ1v) is 12.6. The molecule has 1 heterocycles. The highest BCUT2D eigenvalue weighted by molar-refractivity contribution is 6.70. The summed E-state index contributed by atoms with van der Waals surface area (Å²) >= 11 is 0. The molecule has 0 saturated heterocycles. The fourth-order valence-electron chi connectivity index (χ4n) is 2.83. The average Bonchev–Trinajstić information content (AvgIpc) is 2.61. The first-order valence-electron chi connectivity index (χ1n) is 9.19. The Morgan fingerprint density at radius 3 is 2.33 bits per heavy atom. The summed E-state index contributed by atoms with van der Waals surface area (Å²) in [7, 11) is -1.76. The highest BCUT2D eigenvalue weighted by Gasteiger charge is 2.19. The van der Waals surface area contributed by atoms with Crippen molar-refractivity contribution in [3.8, 4) is 5.75 Å². The highest BCUT2D eigenvalue weighted by Crippen LogP contribution is 2.32. The maximum Gasteiger partial charge on any atom is 0.242 e. The number of hydrogen-bond donors (Lipinski definition) is 0. The summed E-state index contributed by atoms with van der Waals surface area (Å²) in [4.78, 5) is 9.65. The number of aliphatic imine (C=N–C) groups is 1. The van der Waals surface area contributed by atoms with E-state index in [1.807, 2.05) is 36.5 Å². The number of aromatic nitrogens is 1. The summed E-state index contributed by atoms with van der Waals surface area (Å²) < 4.78 is 6.33. The normalized spacial score (nSPS) is 12.1. The molecule has 0 aliphatic rings. The fraction of sp³-hybridized carbons (Fsp3) is 0.217. The van der Waals surface area contributed by atoms with Gasteiger partial charge in [0.05, 0.1) is 11.4 Å². The Morgan fingerprint density at radius 1 is 0.926 bits per heavy atom. The minimum absolute atomic E-state index is 0.840. The minimum atomic E-state index is -1.76. The van der Waals surface area contributed by atoms with Crippen LogP contribution in [0.2, 0.25) is 19.6 Å². The molecule has 0 amide bonds. The van der Waals surface area contributed by atoms with Gasteiger partial charge in [-0.05, 0) is 62.8 Å². The Hall–Kier alpha value is -2.72. The minimum Gasteiger partial charge on any atom is -0.543 e. The zero-order valence-electron chi connectivity index (χ0n) is 16.7. The molecular formula is C23H26N2OSi. The molecule has 0 bridgehead atoms. The van der Waals surface area contributed by atoms with E-state index >= 15 is 0 Å². The lowest BCUT2D eigenvalue weighted by Gasteiger charge is -2.21. The molecule has 3 rings (SSSR count). The molecule has 0 fully saturated rings. The number of nitrogens with zero attached hydrogens (tertiary/aromatic N) is 2. The van der Waals surface area contributed by atoms with Crippen molar-refractivity contribution in [2.45, 2.75) is 33.5 Å². The Labute approximate surface area is 162 Å². The van der Waals surface area contributed by atoms with Gasteiger partial charge in [-0.25, -0.2) is 4.99 Å². The van der Waals surface area contributed by atoms with Crippen LogP contribution >= 0.6 is 0 Å². The molecule has 3 nitrogen and oxygen atoms in total. The third kappa shape index (κ3) is 4.92. The summed E-state index contributed by atoms with van der Waals surface area (Å²) in [5, 5.41) is 0. The van der Waals surface area contributed by atoms with Gasteiger partial charge in [0.2, 0.25) is 8.32 Å². The molecule has 0 radical (unpaired) electrons. The smallest absolute Gasteiger partial charge is 0.242 e. The number of pyridine rings is 1. The summed E-state index contributed by atoms with van der Waals surface area (Å²) in [6, 6.07) is 20.4. The van der Waals surface area contributed by atoms with E-state index in [0.717, 1.165) is 39.5 Å². The van der Waals surface area contributed by atoms with Crippen molar-refractivity contribution in [3.63, 3.8) is 0 Å². The Bertz CT molecular complexity index is 960. The van der Waals surface area contributed by atoms with Crippen molar-refractivity contribution in [3.05, 3.63) is 89.2 Å². The van der Waals surface area contributed by atoms with E-state index < -0.39 is 8.32 Å². The van der Waals surface area contributed by atoms with Crippen LogP contribution in [-0.4, -0.2) is 19.0 Å². The fourth-order valence-corrected chi connectivity index (χ4v) is 3.65. The van der Waals surface area contributed by atoms with Crippen LogP contribution in [0.25, 0.3) is 0 Å². The monoisotopic (exact) mass is 374 g/mol. The van der Waals surface area contributed by atoms with Gasteiger partial charge < -0.3 is 4.43 Å². The molecule has 0 spiro atoms. The molecule has 0 N–H and O–H groups in total. The Morgan fingerprint density at radius 2 is 1.67 bits per heavy atom. The van der Waals surface area contributed by atoms with E-state index in [1.54, 1.807) is 0 Å². The second-order valence-electron chi connectivity index (χ2n) is 7.68. The standard InChI is InChI=1S/C23H26N2OSi/c1-17-13-14-20(21(16-17)26-27(3,4)5)25-23(19-11-7-6-8-12-19)22-18(2)10-9-15-24-22/h6-16H,1-5H3. The van der Waals surface area contributed by atoms with E-state index in [0.29, 0.717) is 0 Å². The van der Waals surface area contributed by atoms with Gasteiger partial charge in [-0.2, -0.15) is 0 Å². The van der Waals surface area contributed by atoms with E-state index in [1.165, 1.54) is 0 Å². The van der Waals surface area contributed by atoms with Crippen molar-refractivity contribution in [2.24, 2.45) is 4.99 Å². The van der Waals surface area contributed by atoms with Gasteiger partial charge in [0.15, 0.2) is 0 Å². The first-order chi connectivity index (χ1) is 12.8. The highest BCUT2D eigenvalue weighted by atomic mass is 28.4. The molecule has 0 aliphatic heterocycles. The van der Waals surface area contributed by atoms with Gasteiger partial charge in [0, 0.05) is 11.8 Å². The van der Waals surface area contributed by atoms with Crippen LogP contribution in [0.5, 0.6) is 5.75 Å². The van der Waals surface area contributed by atoms with Crippen LogP contribution in [0.1, 0.15) is 22.4 Å². The molecule has 3 aromatic rings. The third-order valence-electron chi connectivity index (χ3n) is 4.04. The largest absolute Gasteiger partial charge is 0.543 e. The van der Waals surface area contributed by atoms with Crippen molar-refractivity contribution in [1.29, 1.82) is 0 Å². The van der Waals surface area contributed by atoms with Gasteiger partial charge in [0.25, 0.3) is 0 Å². The van der Waals surface area contributed by atoms with Crippen LogP contribution in [-0.2, 0) is 0 Å². The number of benzene rings is 2. The maximum absolute atomic E-state index is 6.33. The predicted molar refractivity (Wildman–Crippen MR) is 116 cm³/mol. The van der Waals surface area contributed by atoms with Crippen molar-refractivity contribution in [1.82, 2.24) is 4.98 Å². The molecular weight excluding hydrogens is 348 g/mol. The number of aryl methyl sites for hydroxylation is 2. The van der Waals surface area contributed by atoms with Gasteiger partial charge in [-0.3, -0.25) is 4.98 Å². The van der Waals surface area contributed by atoms with E-state index in [2.05, 4.69) is 68.8 Å². The van der Waals surface area contributed by atoms with Crippen LogP contribution in [0.3, 0.4) is 0 Å². The molecule has 27 heavy (non-hydrogen) atoms. The Kier molecular flexibility index (Phi) is 5.56. The van der Waals surface area contributed by atoms with E-state index in [4.69, 9.17) is 9.42 Å². The second-order valence-corrected chi connectivity index (χ2v) is 12.1. The summed E-state index contributed by atoms with van der Waals surface area (Å²) in [5.41, 5.74) is 5.89. The number of rotatable bonds is 5. The quantitative estimate of drug-likeness (QED) is 0.400. The first kappa shape index (κ1) is 19.0. The topological polar surface area (TPSA) is 34.5 Å². The maximum atomic E-state index is 6.33. The van der Waals surface area contributed by atoms with Gasteiger partial charge in [-0.1, -0.05) is 42.5 Å². The molecule has 138 valence electrons. The van der Waals surface area contributed by atoms with Crippen LogP contribution in [0.15, 0.2) is 71.9 Å². The second kappa shape index (κ2) is 7.88. The van der Waals surface area contributed by atoms with Crippen molar-refractivity contribution < 1.29 is 4.43 Å². The van der Waals surface area contributed by atoms with Crippen LogP contribution < -0.4 is 4.43 Å². The summed E-state index contributed by atoms with van der Waals surface area (Å²) in [6.45, 7) is 10.7. The average molecular weight is 375 g/mol. The SMILES string of the molecule is Cc1ccc(N=C(c2ccccc2)c2ncccc2C)c(O[Si](C)(C)C)c1. The third-order valence-corrected chi connectivity index (χ3v) is 4.88. The van der Waals surface area contributed by atoms with E-state index in [-0.39, 0.29) is 0 Å². The molecule has 0 saturated carbocycles. The van der Waals surface area contributed by atoms with Gasteiger partial charge >= 0.3 is 0 Å². The van der Waals surface area contributed by atoms with Gasteiger partial charge in [0.1, 0.15) is 11.4 Å². The Balaban J connectivity index is 2.19. The lowest BCUT2D eigenvalue weighted by molar-refractivity contribution is 0.558. The van der Waals surface area contributed by atoms with Crippen molar-refractivity contribution in [2.75, 3.05) is 0 Å². The van der Waals surface area contributed by atoms with E-state index in [9.17, 15) is 0 Å². The number of hydrogen-bond acceptors (Lipinski definition) is 3. The van der Waals surface area contributed by atoms with Crippen molar-refractivity contribution >= 4 is 19.7 Å². The van der Waals surface area contributed by atoms with Crippen LogP contribution in [0.4, 0.5) is 5.69 Å². The predicted octanol–water partition coefficient (Wildman–Crippen LogP) is 6.08. The molecule has 4 heteroatoms. The zero-order chi connectivity index (χ0) is 19.4. The molecule has 0 atom stereocenters. The van der Waals surface area contributed by atoms with Gasteiger partial charge in [-0.15, -0.1) is 0 Å². The van der Waals surface area contributed by atoms with Crippen LogP contribution in [0, 0.1) is 13.8 Å². The summed E-state index contributed by atoms with van der Waals surface area (Å²) in [5.74, 6) is 0.844. The lowest BCUT2D eigenvalue weighted by atomic mass is 10.0. The lowest BCUT2D eigenvalue weighted by Crippen LogP contribution is -2.29. The summed E-state index contributed by atoms with van der Waals surface area (Å²) in [6.07, 6.45) is 1.81.